The van der Waals surface area contributed by atoms with E-state index in [4.69, 9.17) is 10.5 Å². The second-order valence-electron chi connectivity index (χ2n) is 7.16. The lowest BCUT2D eigenvalue weighted by atomic mass is 10.2. The van der Waals surface area contributed by atoms with Gasteiger partial charge in [-0.15, -0.1) is 11.3 Å². The van der Waals surface area contributed by atoms with Crippen LogP contribution in [-0.4, -0.2) is 34.3 Å². The van der Waals surface area contributed by atoms with Crippen LogP contribution in [0.3, 0.4) is 0 Å². The summed E-state index contributed by atoms with van der Waals surface area (Å²) in [7, 11) is 0. The summed E-state index contributed by atoms with van der Waals surface area (Å²) in [6, 6.07) is 17.3. The highest BCUT2D eigenvalue weighted by atomic mass is 32.1. The van der Waals surface area contributed by atoms with Crippen molar-refractivity contribution < 1.29 is 14.3 Å². The van der Waals surface area contributed by atoms with Crippen molar-refractivity contribution in [3.05, 3.63) is 71.2 Å². The van der Waals surface area contributed by atoms with Crippen LogP contribution >= 0.6 is 11.3 Å². The quantitative estimate of drug-likeness (QED) is 0.561. The summed E-state index contributed by atoms with van der Waals surface area (Å²) in [5.41, 5.74) is 7.55. The molecule has 0 fully saturated rings. The summed E-state index contributed by atoms with van der Waals surface area (Å²) in [6.45, 7) is 4.59. The molecule has 0 aliphatic rings. The van der Waals surface area contributed by atoms with E-state index in [1.165, 1.54) is 11.3 Å². The SMILES string of the molecule is CC(C)Oc1ccc(-c2nc(C(=O)N(CCC(N)=O)Cc3ccccc3)cs2)cc1. The predicted octanol–water partition coefficient (Wildman–Crippen LogP) is 4.12. The molecule has 0 bridgehead atoms. The smallest absolute Gasteiger partial charge is 0.273 e. The van der Waals surface area contributed by atoms with Crippen LogP contribution in [0.2, 0.25) is 0 Å². The largest absolute Gasteiger partial charge is 0.491 e. The van der Waals surface area contributed by atoms with E-state index in [1.54, 1.807) is 10.3 Å². The maximum atomic E-state index is 13.1. The highest BCUT2D eigenvalue weighted by Crippen LogP contribution is 2.27. The third-order valence-corrected chi connectivity index (χ3v) is 5.22. The lowest BCUT2D eigenvalue weighted by Gasteiger charge is -2.21. The van der Waals surface area contributed by atoms with Gasteiger partial charge in [0.1, 0.15) is 16.5 Å². The first-order valence-corrected chi connectivity index (χ1v) is 10.6. The summed E-state index contributed by atoms with van der Waals surface area (Å²) in [6.07, 6.45) is 0.211. The van der Waals surface area contributed by atoms with Crippen molar-refractivity contribution in [2.75, 3.05) is 6.54 Å². The zero-order valence-electron chi connectivity index (χ0n) is 17.1. The molecule has 3 aromatic rings. The molecular weight excluding hydrogens is 398 g/mol. The van der Waals surface area contributed by atoms with Crippen LogP contribution < -0.4 is 10.5 Å². The lowest BCUT2D eigenvalue weighted by Crippen LogP contribution is -2.33. The van der Waals surface area contributed by atoms with Crippen molar-refractivity contribution in [2.45, 2.75) is 32.9 Å². The number of hydrogen-bond acceptors (Lipinski definition) is 5. The molecule has 0 spiro atoms. The maximum absolute atomic E-state index is 13.1. The summed E-state index contributed by atoms with van der Waals surface area (Å²) < 4.78 is 5.67. The number of carbonyl (C=O) groups is 2. The number of rotatable bonds is 9. The minimum absolute atomic E-state index is 0.104. The molecule has 0 saturated carbocycles. The molecule has 30 heavy (non-hydrogen) atoms. The van der Waals surface area contributed by atoms with Crippen LogP contribution in [-0.2, 0) is 11.3 Å². The minimum Gasteiger partial charge on any atom is -0.491 e. The molecule has 0 aliphatic carbocycles. The summed E-state index contributed by atoms with van der Waals surface area (Å²) in [5, 5.41) is 2.50. The average Bonchev–Trinajstić information content (AvgIpc) is 3.21. The average molecular weight is 424 g/mol. The van der Waals surface area contributed by atoms with Gasteiger partial charge < -0.3 is 15.4 Å². The monoisotopic (exact) mass is 423 g/mol. The van der Waals surface area contributed by atoms with E-state index in [0.29, 0.717) is 12.2 Å². The van der Waals surface area contributed by atoms with Gasteiger partial charge in [-0.3, -0.25) is 9.59 Å². The van der Waals surface area contributed by atoms with Crippen LogP contribution in [0.5, 0.6) is 5.75 Å². The number of benzene rings is 2. The highest BCUT2D eigenvalue weighted by molar-refractivity contribution is 7.13. The number of hydrogen-bond donors (Lipinski definition) is 1. The van der Waals surface area contributed by atoms with Crippen molar-refractivity contribution >= 4 is 23.2 Å². The van der Waals surface area contributed by atoms with E-state index in [-0.39, 0.29) is 25.0 Å². The summed E-state index contributed by atoms with van der Waals surface area (Å²) in [4.78, 5) is 30.5. The molecule has 6 nitrogen and oxygen atoms in total. The fourth-order valence-corrected chi connectivity index (χ4v) is 3.72. The topological polar surface area (TPSA) is 85.5 Å². The second-order valence-corrected chi connectivity index (χ2v) is 8.02. The van der Waals surface area contributed by atoms with Crippen LogP contribution in [0.15, 0.2) is 60.0 Å². The number of thiazole rings is 1. The fraction of sp³-hybridized carbons (Fsp3) is 0.261. The van der Waals surface area contributed by atoms with E-state index in [2.05, 4.69) is 4.98 Å². The normalized spacial score (nSPS) is 10.8. The van der Waals surface area contributed by atoms with E-state index >= 15 is 0 Å². The molecular formula is C23H25N3O3S. The Hall–Kier alpha value is -3.19. The van der Waals surface area contributed by atoms with Gasteiger partial charge in [0, 0.05) is 30.5 Å². The first-order valence-electron chi connectivity index (χ1n) is 9.76. The number of amides is 2. The standard InChI is InChI=1S/C23H25N3O3S/c1-16(2)29-19-10-8-18(9-11-19)22-25-20(15-30-22)23(28)26(13-12-21(24)27)14-17-6-4-3-5-7-17/h3-11,15-16H,12-14H2,1-2H3,(H2,24,27). The molecule has 156 valence electrons. The van der Waals surface area contributed by atoms with E-state index < -0.39 is 5.91 Å². The van der Waals surface area contributed by atoms with Gasteiger partial charge in [-0.05, 0) is 43.7 Å². The van der Waals surface area contributed by atoms with E-state index in [1.807, 2.05) is 68.4 Å². The van der Waals surface area contributed by atoms with Gasteiger partial charge in [0.2, 0.25) is 5.91 Å². The van der Waals surface area contributed by atoms with Crippen LogP contribution in [0.1, 0.15) is 36.3 Å². The van der Waals surface area contributed by atoms with Crippen molar-refractivity contribution in [3.8, 4) is 16.3 Å². The van der Waals surface area contributed by atoms with E-state index in [0.717, 1.165) is 21.9 Å². The predicted molar refractivity (Wildman–Crippen MR) is 118 cm³/mol. The number of nitrogens with two attached hydrogens (primary N) is 1. The molecule has 1 aromatic heterocycles. The Morgan fingerprint density at radius 2 is 1.80 bits per heavy atom. The van der Waals surface area contributed by atoms with Crippen molar-refractivity contribution in [2.24, 2.45) is 5.73 Å². The molecule has 0 atom stereocenters. The van der Waals surface area contributed by atoms with Crippen molar-refractivity contribution in [1.29, 1.82) is 0 Å². The third kappa shape index (κ3) is 5.90. The Balaban J connectivity index is 1.76. The van der Waals surface area contributed by atoms with Gasteiger partial charge in [0.15, 0.2) is 0 Å². The van der Waals surface area contributed by atoms with Gasteiger partial charge >= 0.3 is 0 Å². The Kier molecular flexibility index (Phi) is 7.19. The summed E-state index contributed by atoms with van der Waals surface area (Å²) in [5.74, 6) is 0.132. The highest BCUT2D eigenvalue weighted by Gasteiger charge is 2.20. The Bertz CT molecular complexity index is 984. The zero-order valence-corrected chi connectivity index (χ0v) is 17.9. The number of aromatic nitrogens is 1. The van der Waals surface area contributed by atoms with Gasteiger partial charge in [0.25, 0.3) is 5.91 Å². The molecule has 0 radical (unpaired) electrons. The number of ether oxygens (including phenoxy) is 1. The van der Waals surface area contributed by atoms with Gasteiger partial charge in [-0.2, -0.15) is 0 Å². The molecule has 0 unspecified atom stereocenters. The van der Waals surface area contributed by atoms with E-state index in [9.17, 15) is 9.59 Å². The fourth-order valence-electron chi connectivity index (χ4n) is 2.92. The van der Waals surface area contributed by atoms with Gasteiger partial charge in [0.05, 0.1) is 6.10 Å². The lowest BCUT2D eigenvalue weighted by molar-refractivity contribution is -0.118. The summed E-state index contributed by atoms with van der Waals surface area (Å²) >= 11 is 1.41. The van der Waals surface area contributed by atoms with Crippen molar-refractivity contribution in [3.63, 3.8) is 0 Å². The van der Waals surface area contributed by atoms with Crippen LogP contribution in [0.25, 0.3) is 10.6 Å². The van der Waals surface area contributed by atoms with Gasteiger partial charge in [-0.25, -0.2) is 4.98 Å². The first kappa shape index (κ1) is 21.5. The molecule has 0 aliphatic heterocycles. The molecule has 1 heterocycles. The third-order valence-electron chi connectivity index (χ3n) is 4.33. The number of nitrogens with zero attached hydrogens (tertiary/aromatic N) is 2. The molecule has 2 amide bonds. The maximum Gasteiger partial charge on any atom is 0.273 e. The first-order chi connectivity index (χ1) is 14.4. The molecule has 7 heteroatoms. The molecule has 0 saturated heterocycles. The second kappa shape index (κ2) is 10.0. The molecule has 2 N–H and O–H groups in total. The minimum atomic E-state index is -0.441. The number of primary amides is 1. The Labute approximate surface area is 180 Å². The molecule has 2 aromatic carbocycles. The van der Waals surface area contributed by atoms with Crippen molar-refractivity contribution in [1.82, 2.24) is 9.88 Å². The van der Waals surface area contributed by atoms with Crippen LogP contribution in [0, 0.1) is 0 Å². The Morgan fingerprint density at radius 1 is 1.10 bits per heavy atom. The molecule has 3 rings (SSSR count). The van der Waals surface area contributed by atoms with Crippen LogP contribution in [0.4, 0.5) is 0 Å². The number of carbonyl (C=O) groups excluding carboxylic acids is 2. The Morgan fingerprint density at radius 3 is 2.43 bits per heavy atom. The van der Waals surface area contributed by atoms with Gasteiger partial charge in [-0.1, -0.05) is 30.3 Å². The zero-order chi connectivity index (χ0) is 21.5.